The fourth-order valence-electron chi connectivity index (χ4n) is 0.961. The van der Waals surface area contributed by atoms with Crippen LogP contribution in [0.1, 0.15) is 27.7 Å². The number of carboxylic acids is 1. The van der Waals surface area contributed by atoms with Crippen molar-refractivity contribution >= 4 is 11.9 Å². The summed E-state index contributed by atoms with van der Waals surface area (Å²) < 4.78 is 0. The van der Waals surface area contributed by atoms with Gasteiger partial charge in [0.25, 0.3) is 0 Å². The molecule has 0 aliphatic rings. The number of carbonyl (C=O) groups excluding carboxylic acids is 1. The van der Waals surface area contributed by atoms with Crippen molar-refractivity contribution in [3.63, 3.8) is 0 Å². The second kappa shape index (κ2) is 4.95. The van der Waals surface area contributed by atoms with E-state index in [2.05, 4.69) is 10.6 Å². The Morgan fingerprint density at radius 3 is 2.29 bits per heavy atom. The number of rotatable bonds is 5. The van der Waals surface area contributed by atoms with Crippen molar-refractivity contribution in [1.82, 2.24) is 10.6 Å². The molecule has 1 atom stereocenters. The van der Waals surface area contributed by atoms with Crippen molar-refractivity contribution in [2.45, 2.75) is 39.3 Å². The standard InChI is InChI=1S/C9H18N2O3/c1-5-10-9(3,4)8(14)11-6(2)7(12)13/h6,10H,5H2,1-4H3,(H,11,14)(H,12,13). The summed E-state index contributed by atoms with van der Waals surface area (Å²) in [5.41, 5.74) is -0.738. The predicted molar refractivity (Wildman–Crippen MR) is 53.0 cm³/mol. The smallest absolute Gasteiger partial charge is 0.325 e. The summed E-state index contributed by atoms with van der Waals surface area (Å²) in [6.07, 6.45) is 0. The first-order valence-electron chi connectivity index (χ1n) is 4.60. The highest BCUT2D eigenvalue weighted by Crippen LogP contribution is 2.02. The van der Waals surface area contributed by atoms with Gasteiger partial charge in [0, 0.05) is 0 Å². The van der Waals surface area contributed by atoms with E-state index in [1.807, 2.05) is 6.92 Å². The molecule has 0 aromatic heterocycles. The zero-order valence-corrected chi connectivity index (χ0v) is 9.05. The molecule has 0 aromatic rings. The lowest BCUT2D eigenvalue weighted by Gasteiger charge is -2.25. The molecule has 5 heteroatoms. The van der Waals surface area contributed by atoms with Crippen LogP contribution in [0.3, 0.4) is 0 Å². The number of amides is 1. The number of hydrogen-bond donors (Lipinski definition) is 3. The third-order valence-electron chi connectivity index (χ3n) is 1.90. The van der Waals surface area contributed by atoms with Crippen LogP contribution in [0, 0.1) is 0 Å². The zero-order valence-electron chi connectivity index (χ0n) is 9.05. The van der Waals surface area contributed by atoms with E-state index in [0.717, 1.165) is 0 Å². The Balaban J connectivity index is 4.26. The van der Waals surface area contributed by atoms with E-state index in [1.54, 1.807) is 13.8 Å². The maximum absolute atomic E-state index is 11.5. The average molecular weight is 202 g/mol. The van der Waals surface area contributed by atoms with Crippen LogP contribution in [0.4, 0.5) is 0 Å². The molecule has 1 amide bonds. The third-order valence-corrected chi connectivity index (χ3v) is 1.90. The minimum Gasteiger partial charge on any atom is -0.480 e. The van der Waals surface area contributed by atoms with Crippen LogP contribution in [-0.2, 0) is 9.59 Å². The third kappa shape index (κ3) is 3.74. The molecule has 0 aromatic carbocycles. The van der Waals surface area contributed by atoms with E-state index in [0.29, 0.717) is 6.54 Å². The first kappa shape index (κ1) is 12.9. The average Bonchev–Trinajstić information content (AvgIpc) is 2.03. The van der Waals surface area contributed by atoms with Crippen molar-refractivity contribution in [3.05, 3.63) is 0 Å². The molecule has 0 saturated heterocycles. The summed E-state index contributed by atoms with van der Waals surface area (Å²) in [6, 6.07) is -0.861. The zero-order chi connectivity index (χ0) is 11.4. The van der Waals surface area contributed by atoms with Crippen LogP contribution in [0.25, 0.3) is 0 Å². The van der Waals surface area contributed by atoms with Crippen molar-refractivity contribution in [3.8, 4) is 0 Å². The molecule has 5 nitrogen and oxygen atoms in total. The molecular weight excluding hydrogens is 184 g/mol. The van der Waals surface area contributed by atoms with Crippen molar-refractivity contribution in [2.24, 2.45) is 0 Å². The van der Waals surface area contributed by atoms with Crippen LogP contribution >= 0.6 is 0 Å². The van der Waals surface area contributed by atoms with Gasteiger partial charge in [-0.2, -0.15) is 0 Å². The summed E-state index contributed by atoms with van der Waals surface area (Å²) in [7, 11) is 0. The van der Waals surface area contributed by atoms with Gasteiger partial charge in [-0.3, -0.25) is 9.59 Å². The van der Waals surface area contributed by atoms with E-state index in [1.165, 1.54) is 6.92 Å². The molecule has 0 fully saturated rings. The van der Waals surface area contributed by atoms with Crippen molar-refractivity contribution < 1.29 is 14.7 Å². The Labute approximate surface area is 83.9 Å². The molecule has 0 aliphatic carbocycles. The van der Waals surface area contributed by atoms with Gasteiger partial charge < -0.3 is 15.7 Å². The Hall–Kier alpha value is -1.10. The molecule has 0 saturated carbocycles. The Bertz CT molecular complexity index is 226. The highest BCUT2D eigenvalue weighted by atomic mass is 16.4. The van der Waals surface area contributed by atoms with Gasteiger partial charge in [-0.15, -0.1) is 0 Å². The van der Waals surface area contributed by atoms with Gasteiger partial charge in [0.1, 0.15) is 6.04 Å². The van der Waals surface area contributed by atoms with Gasteiger partial charge in [-0.1, -0.05) is 6.92 Å². The highest BCUT2D eigenvalue weighted by molar-refractivity contribution is 5.89. The van der Waals surface area contributed by atoms with E-state index in [9.17, 15) is 9.59 Å². The van der Waals surface area contributed by atoms with Crippen molar-refractivity contribution in [1.29, 1.82) is 0 Å². The SMILES string of the molecule is CCNC(C)(C)C(=O)NC(C)C(=O)O. The molecule has 82 valence electrons. The molecule has 1 unspecified atom stereocenters. The monoisotopic (exact) mass is 202 g/mol. The van der Waals surface area contributed by atoms with Crippen LogP contribution in [0.2, 0.25) is 0 Å². The fraction of sp³-hybridized carbons (Fsp3) is 0.778. The molecule has 0 bridgehead atoms. The summed E-state index contributed by atoms with van der Waals surface area (Å²) in [5.74, 6) is -1.35. The second-order valence-electron chi connectivity index (χ2n) is 3.69. The molecular formula is C9H18N2O3. The maximum Gasteiger partial charge on any atom is 0.325 e. The summed E-state index contributed by atoms with van der Waals surface area (Å²) >= 11 is 0. The maximum atomic E-state index is 11.5. The fourth-order valence-corrected chi connectivity index (χ4v) is 0.961. The minimum atomic E-state index is -1.04. The summed E-state index contributed by atoms with van der Waals surface area (Å²) in [6.45, 7) is 7.39. The number of nitrogens with one attached hydrogen (secondary N) is 2. The van der Waals surface area contributed by atoms with Crippen LogP contribution in [-0.4, -0.2) is 35.1 Å². The number of hydrogen-bond acceptors (Lipinski definition) is 3. The highest BCUT2D eigenvalue weighted by Gasteiger charge is 2.28. The summed E-state index contributed by atoms with van der Waals surface area (Å²) in [5, 5.41) is 14.0. The second-order valence-corrected chi connectivity index (χ2v) is 3.69. The van der Waals surface area contributed by atoms with E-state index in [4.69, 9.17) is 5.11 Å². The lowest BCUT2D eigenvalue weighted by molar-refractivity contribution is -0.142. The van der Waals surface area contributed by atoms with E-state index >= 15 is 0 Å². The largest absolute Gasteiger partial charge is 0.480 e. The van der Waals surface area contributed by atoms with Crippen molar-refractivity contribution in [2.75, 3.05) is 6.54 Å². The predicted octanol–water partition coefficient (Wildman–Crippen LogP) is -0.0362. The topological polar surface area (TPSA) is 78.4 Å². The van der Waals surface area contributed by atoms with Gasteiger partial charge in [0.2, 0.25) is 5.91 Å². The molecule has 0 heterocycles. The number of carbonyl (C=O) groups is 2. The summed E-state index contributed by atoms with van der Waals surface area (Å²) in [4.78, 5) is 22.0. The quantitative estimate of drug-likeness (QED) is 0.584. The van der Waals surface area contributed by atoms with Gasteiger partial charge >= 0.3 is 5.97 Å². The lowest BCUT2D eigenvalue weighted by atomic mass is 10.0. The molecule has 0 aliphatic heterocycles. The first-order valence-corrected chi connectivity index (χ1v) is 4.60. The number of aliphatic carboxylic acids is 1. The minimum absolute atomic E-state index is 0.311. The molecule has 0 rings (SSSR count). The number of likely N-dealkylation sites (N-methyl/N-ethyl adjacent to an activating group) is 1. The Kier molecular flexibility index (Phi) is 4.56. The number of carboxylic acid groups (broad SMARTS) is 1. The van der Waals surface area contributed by atoms with Gasteiger partial charge in [-0.05, 0) is 27.3 Å². The van der Waals surface area contributed by atoms with E-state index < -0.39 is 17.6 Å². The molecule has 0 spiro atoms. The Morgan fingerprint density at radius 2 is 1.93 bits per heavy atom. The van der Waals surface area contributed by atoms with Crippen LogP contribution in [0.5, 0.6) is 0 Å². The molecule has 14 heavy (non-hydrogen) atoms. The van der Waals surface area contributed by atoms with Crippen LogP contribution < -0.4 is 10.6 Å². The lowest BCUT2D eigenvalue weighted by Crippen LogP contribution is -2.55. The van der Waals surface area contributed by atoms with E-state index in [-0.39, 0.29) is 5.91 Å². The first-order chi connectivity index (χ1) is 6.31. The molecule has 0 radical (unpaired) electrons. The van der Waals surface area contributed by atoms with Gasteiger partial charge in [0.15, 0.2) is 0 Å². The van der Waals surface area contributed by atoms with Gasteiger partial charge in [0.05, 0.1) is 5.54 Å². The molecule has 3 N–H and O–H groups in total. The normalized spacial score (nSPS) is 13.4. The Morgan fingerprint density at radius 1 is 1.43 bits per heavy atom. The van der Waals surface area contributed by atoms with Crippen LogP contribution in [0.15, 0.2) is 0 Å². The van der Waals surface area contributed by atoms with Gasteiger partial charge in [-0.25, -0.2) is 0 Å².